The molecule has 1 fully saturated rings. The molecular weight excluding hydrogens is 296 g/mol. The molecule has 1 N–H and O–H groups in total. The first-order valence-electron chi connectivity index (χ1n) is 7.72. The lowest BCUT2D eigenvalue weighted by atomic mass is 9.70. The van der Waals surface area contributed by atoms with Gasteiger partial charge in [-0.05, 0) is 24.3 Å². The summed E-state index contributed by atoms with van der Waals surface area (Å²) < 4.78 is 0. The number of carbonyl (C=O) groups is 1. The molecule has 22 heavy (non-hydrogen) atoms. The second kappa shape index (κ2) is 6.67. The second-order valence-electron chi connectivity index (χ2n) is 5.96. The van der Waals surface area contributed by atoms with Crippen LogP contribution in [0.5, 0.6) is 0 Å². The average molecular weight is 316 g/mol. The molecule has 1 aliphatic rings. The van der Waals surface area contributed by atoms with Gasteiger partial charge < -0.3 is 5.11 Å². The van der Waals surface area contributed by atoms with Gasteiger partial charge in [0.15, 0.2) is 5.78 Å². The number of aliphatic hydroxyl groups excluding tert-OH is 1. The summed E-state index contributed by atoms with van der Waals surface area (Å²) in [5.41, 5.74) is 0.523. The Morgan fingerprint density at radius 1 is 1.23 bits per heavy atom. The molecule has 0 radical (unpaired) electrons. The van der Waals surface area contributed by atoms with E-state index in [0.29, 0.717) is 5.56 Å². The van der Waals surface area contributed by atoms with Crippen LogP contribution in [0.1, 0.15) is 53.2 Å². The van der Waals surface area contributed by atoms with Crippen LogP contribution in [-0.2, 0) is 11.8 Å². The van der Waals surface area contributed by atoms with E-state index in [0.717, 1.165) is 12.2 Å². The van der Waals surface area contributed by atoms with Gasteiger partial charge in [-0.2, -0.15) is 0 Å². The molecule has 0 amide bonds. The van der Waals surface area contributed by atoms with Crippen LogP contribution in [-0.4, -0.2) is 27.5 Å². The van der Waals surface area contributed by atoms with E-state index in [1.807, 2.05) is 11.3 Å². The van der Waals surface area contributed by atoms with Crippen LogP contribution >= 0.6 is 11.3 Å². The standard InChI is InChI=1S/C17H20N2O2S/c20-12-14(21)13-10-18-16(19-11-13)9-17(6-2-1-3-7-17)15-5-4-8-22-15/h4-5,8,10-11,20H,1-3,6-7,9,12H2. The number of hydrogen-bond acceptors (Lipinski definition) is 5. The molecule has 1 saturated carbocycles. The highest BCUT2D eigenvalue weighted by Crippen LogP contribution is 2.43. The Morgan fingerprint density at radius 2 is 1.95 bits per heavy atom. The Hall–Kier alpha value is -1.59. The Kier molecular flexibility index (Phi) is 4.64. The summed E-state index contributed by atoms with van der Waals surface area (Å²) in [5.74, 6) is 0.446. The van der Waals surface area contributed by atoms with Gasteiger partial charge >= 0.3 is 0 Å². The zero-order valence-corrected chi connectivity index (χ0v) is 13.3. The van der Waals surface area contributed by atoms with Gasteiger partial charge in [-0.1, -0.05) is 25.3 Å². The van der Waals surface area contributed by atoms with Gasteiger partial charge in [-0.3, -0.25) is 4.79 Å². The van der Waals surface area contributed by atoms with Crippen molar-refractivity contribution in [2.75, 3.05) is 6.61 Å². The number of carbonyl (C=O) groups excluding carboxylic acids is 1. The van der Waals surface area contributed by atoms with Crippen molar-refractivity contribution in [2.45, 2.75) is 43.9 Å². The van der Waals surface area contributed by atoms with Gasteiger partial charge in [0, 0.05) is 29.1 Å². The number of ketones is 1. The highest BCUT2D eigenvalue weighted by molar-refractivity contribution is 7.10. The molecule has 0 aliphatic heterocycles. The molecule has 116 valence electrons. The van der Waals surface area contributed by atoms with E-state index < -0.39 is 6.61 Å². The summed E-state index contributed by atoms with van der Waals surface area (Å²) in [6, 6.07) is 4.33. The first-order valence-corrected chi connectivity index (χ1v) is 8.60. The summed E-state index contributed by atoms with van der Waals surface area (Å²) in [4.78, 5) is 21.6. The first kappa shape index (κ1) is 15.3. The molecule has 2 heterocycles. The summed E-state index contributed by atoms with van der Waals surface area (Å²) in [5, 5.41) is 11.0. The topological polar surface area (TPSA) is 63.1 Å². The lowest BCUT2D eigenvalue weighted by Crippen LogP contribution is -2.31. The maximum atomic E-state index is 11.4. The largest absolute Gasteiger partial charge is 0.388 e. The molecule has 0 bridgehead atoms. The van der Waals surface area contributed by atoms with Crippen LogP contribution in [0.4, 0.5) is 0 Å². The van der Waals surface area contributed by atoms with Crippen molar-refractivity contribution in [1.29, 1.82) is 0 Å². The second-order valence-corrected chi connectivity index (χ2v) is 6.91. The Bertz CT molecular complexity index is 617. The van der Waals surface area contributed by atoms with E-state index >= 15 is 0 Å². The molecule has 0 atom stereocenters. The van der Waals surface area contributed by atoms with E-state index in [9.17, 15) is 4.79 Å². The van der Waals surface area contributed by atoms with Gasteiger partial charge in [0.25, 0.3) is 0 Å². The van der Waals surface area contributed by atoms with Crippen molar-refractivity contribution in [2.24, 2.45) is 0 Å². The molecule has 0 unspecified atom stereocenters. The fourth-order valence-electron chi connectivity index (χ4n) is 3.30. The minimum atomic E-state index is -0.498. The zero-order chi connectivity index (χ0) is 15.4. The van der Waals surface area contributed by atoms with Gasteiger partial charge in [-0.15, -0.1) is 11.3 Å². The molecular formula is C17H20N2O2S. The zero-order valence-electron chi connectivity index (χ0n) is 12.5. The van der Waals surface area contributed by atoms with Crippen LogP contribution in [0.2, 0.25) is 0 Å². The van der Waals surface area contributed by atoms with Crippen LogP contribution in [0, 0.1) is 0 Å². The maximum absolute atomic E-state index is 11.4. The molecule has 2 aromatic heterocycles. The number of hydrogen-bond donors (Lipinski definition) is 1. The minimum Gasteiger partial charge on any atom is -0.388 e. The fourth-order valence-corrected chi connectivity index (χ4v) is 4.29. The number of aromatic nitrogens is 2. The maximum Gasteiger partial charge on any atom is 0.191 e. The first-order chi connectivity index (χ1) is 10.7. The van der Waals surface area contributed by atoms with Crippen molar-refractivity contribution >= 4 is 17.1 Å². The van der Waals surface area contributed by atoms with Crippen LogP contribution in [0.25, 0.3) is 0 Å². The summed E-state index contributed by atoms with van der Waals surface area (Å²) in [7, 11) is 0. The van der Waals surface area contributed by atoms with Crippen molar-refractivity contribution < 1.29 is 9.90 Å². The molecule has 2 aromatic rings. The molecule has 5 heteroatoms. The van der Waals surface area contributed by atoms with Crippen molar-refractivity contribution in [3.05, 3.63) is 46.2 Å². The van der Waals surface area contributed by atoms with Crippen molar-refractivity contribution in [3.63, 3.8) is 0 Å². The molecule has 0 aromatic carbocycles. The van der Waals surface area contributed by atoms with Crippen LogP contribution in [0.15, 0.2) is 29.9 Å². The Balaban J connectivity index is 1.83. The third kappa shape index (κ3) is 3.10. The SMILES string of the molecule is O=C(CO)c1cnc(CC2(c3cccs3)CCCCC2)nc1. The fraction of sp³-hybridized carbons (Fsp3) is 0.471. The summed E-state index contributed by atoms with van der Waals surface area (Å²) in [6.45, 7) is -0.498. The van der Waals surface area contributed by atoms with Crippen LogP contribution in [0.3, 0.4) is 0 Å². The Morgan fingerprint density at radius 3 is 2.55 bits per heavy atom. The normalized spacial score (nSPS) is 17.3. The van der Waals surface area contributed by atoms with E-state index in [1.54, 1.807) is 0 Å². The van der Waals surface area contributed by atoms with E-state index in [-0.39, 0.29) is 11.2 Å². The number of nitrogens with zero attached hydrogens (tertiary/aromatic N) is 2. The molecule has 0 spiro atoms. The molecule has 4 nitrogen and oxygen atoms in total. The average Bonchev–Trinajstić information content (AvgIpc) is 3.11. The number of Topliss-reactive ketones (excluding diaryl/α,β-unsaturated/α-hetero) is 1. The number of aliphatic hydroxyl groups is 1. The van der Waals surface area contributed by atoms with Gasteiger partial charge in [-0.25, -0.2) is 9.97 Å². The van der Waals surface area contributed by atoms with Crippen molar-refractivity contribution in [3.8, 4) is 0 Å². The van der Waals surface area contributed by atoms with E-state index in [1.165, 1.54) is 49.4 Å². The lowest BCUT2D eigenvalue weighted by Gasteiger charge is -2.36. The highest BCUT2D eigenvalue weighted by atomic mass is 32.1. The predicted octanol–water partition coefficient (Wildman–Crippen LogP) is 3.16. The minimum absolute atomic E-state index is 0.148. The van der Waals surface area contributed by atoms with Crippen LogP contribution < -0.4 is 0 Å². The number of thiophene rings is 1. The van der Waals surface area contributed by atoms with Gasteiger partial charge in [0.05, 0.1) is 5.56 Å². The summed E-state index contributed by atoms with van der Waals surface area (Å²) >= 11 is 1.82. The molecule has 1 aliphatic carbocycles. The monoisotopic (exact) mass is 316 g/mol. The van der Waals surface area contributed by atoms with Gasteiger partial charge in [0.2, 0.25) is 0 Å². The smallest absolute Gasteiger partial charge is 0.191 e. The third-order valence-corrected chi connectivity index (χ3v) is 5.64. The molecule has 3 rings (SSSR count). The van der Waals surface area contributed by atoms with E-state index in [2.05, 4.69) is 27.5 Å². The van der Waals surface area contributed by atoms with Crippen molar-refractivity contribution in [1.82, 2.24) is 9.97 Å². The van der Waals surface area contributed by atoms with Gasteiger partial charge in [0.1, 0.15) is 12.4 Å². The quantitative estimate of drug-likeness (QED) is 0.861. The predicted molar refractivity (Wildman–Crippen MR) is 86.2 cm³/mol. The Labute approximate surface area is 134 Å². The number of rotatable bonds is 5. The summed E-state index contributed by atoms with van der Waals surface area (Å²) in [6.07, 6.45) is 10.0. The third-order valence-electron chi connectivity index (χ3n) is 4.52. The highest BCUT2D eigenvalue weighted by Gasteiger charge is 2.35. The molecule has 0 saturated heterocycles. The lowest BCUT2D eigenvalue weighted by molar-refractivity contribution is 0.0903. The van der Waals surface area contributed by atoms with E-state index in [4.69, 9.17) is 5.11 Å².